The molecule has 3 aromatic rings. The zero-order valence-electron chi connectivity index (χ0n) is 21.1. The predicted molar refractivity (Wildman–Crippen MR) is 150 cm³/mol. The Hall–Kier alpha value is -2.94. The molecule has 0 spiro atoms. The highest BCUT2D eigenvalue weighted by Gasteiger charge is 2.50. The van der Waals surface area contributed by atoms with E-state index in [0.717, 1.165) is 16.5 Å². The number of halogens is 4. The van der Waals surface area contributed by atoms with E-state index in [2.05, 4.69) is 9.98 Å². The van der Waals surface area contributed by atoms with Gasteiger partial charge in [-0.05, 0) is 61.6 Å². The fourth-order valence-electron chi connectivity index (χ4n) is 4.65. The van der Waals surface area contributed by atoms with Crippen molar-refractivity contribution in [2.75, 3.05) is 6.26 Å². The molecular formula is C28H25Cl2F2N3O2S. The third-order valence-corrected chi connectivity index (χ3v) is 8.13. The average molecular weight is 576 g/mol. The molecule has 10 heteroatoms. The number of hydrogen-bond acceptors (Lipinski definition) is 4. The Morgan fingerprint density at radius 3 is 2.61 bits per heavy atom. The molecule has 4 rings (SSSR count). The Bertz CT molecular complexity index is 1580. The van der Waals surface area contributed by atoms with Gasteiger partial charge in [-0.1, -0.05) is 42.3 Å². The molecule has 0 aliphatic heterocycles. The second kappa shape index (κ2) is 11.4. The van der Waals surface area contributed by atoms with Crippen molar-refractivity contribution in [1.82, 2.24) is 9.55 Å². The van der Waals surface area contributed by atoms with E-state index in [1.807, 2.05) is 6.92 Å². The van der Waals surface area contributed by atoms with Crippen molar-refractivity contribution in [1.29, 1.82) is 0 Å². The molecule has 2 heterocycles. The Labute approximate surface area is 232 Å². The molecule has 0 amide bonds. The molecule has 4 unspecified atom stereocenters. The van der Waals surface area contributed by atoms with Crippen LogP contribution in [0.1, 0.15) is 48.2 Å². The third-order valence-electron chi connectivity index (χ3n) is 6.58. The molecule has 198 valence electrons. The molecule has 0 radical (unpaired) electrons. The molecule has 1 aliphatic rings. The molecule has 5 nitrogen and oxygen atoms in total. The average Bonchev–Trinajstić information content (AvgIpc) is 3.55. The van der Waals surface area contributed by atoms with Crippen LogP contribution in [0.15, 0.2) is 75.4 Å². The normalized spacial score (nSPS) is 20.7. The van der Waals surface area contributed by atoms with E-state index in [4.69, 9.17) is 23.2 Å². The molecular weight excluding hydrogens is 551 g/mol. The first-order valence-corrected chi connectivity index (χ1v) is 14.1. The highest BCUT2D eigenvalue weighted by atomic mass is 35.5. The minimum atomic E-state index is -1.63. The van der Waals surface area contributed by atoms with Crippen molar-refractivity contribution in [3.63, 3.8) is 0 Å². The Morgan fingerprint density at radius 1 is 1.21 bits per heavy atom. The summed E-state index contributed by atoms with van der Waals surface area (Å²) in [5, 5.41) is 0.552. The van der Waals surface area contributed by atoms with Crippen molar-refractivity contribution in [3.05, 3.63) is 109 Å². The summed E-state index contributed by atoms with van der Waals surface area (Å²) in [6.45, 7) is 5.38. The number of nitrogens with zero attached hydrogens (tertiary/aromatic N) is 3. The van der Waals surface area contributed by atoms with Crippen LogP contribution in [-0.2, 0) is 10.8 Å². The van der Waals surface area contributed by atoms with Gasteiger partial charge in [0.1, 0.15) is 16.6 Å². The van der Waals surface area contributed by atoms with Crippen LogP contribution in [0.5, 0.6) is 0 Å². The van der Waals surface area contributed by atoms with Crippen molar-refractivity contribution in [3.8, 4) is 0 Å². The number of rotatable bonds is 7. The minimum absolute atomic E-state index is 0.0254. The van der Waals surface area contributed by atoms with Crippen molar-refractivity contribution < 1.29 is 13.0 Å². The molecule has 0 bridgehead atoms. The molecule has 0 saturated heterocycles. The lowest BCUT2D eigenvalue weighted by atomic mass is 10.1. The SMILES string of the molecule is C/C=C/N=C(/C(F)=C/n1c(C)cc(C2C(C)C2c2cc(Cl)ccn2)c(Cl)c1=O)c1cccc(S(C)=O)c1F. The van der Waals surface area contributed by atoms with Crippen LogP contribution in [0.25, 0.3) is 6.20 Å². The van der Waals surface area contributed by atoms with Gasteiger partial charge in [0, 0.05) is 46.5 Å². The number of aliphatic imine (C=N–C) groups is 1. The summed E-state index contributed by atoms with van der Waals surface area (Å²) in [7, 11) is -1.63. The molecule has 0 N–H and O–H groups in total. The van der Waals surface area contributed by atoms with Gasteiger partial charge in [-0.25, -0.2) is 8.78 Å². The van der Waals surface area contributed by atoms with Gasteiger partial charge in [0.25, 0.3) is 5.56 Å². The number of aromatic nitrogens is 2. The first-order chi connectivity index (χ1) is 18.1. The van der Waals surface area contributed by atoms with Crippen LogP contribution in [-0.4, -0.2) is 25.7 Å². The summed E-state index contributed by atoms with van der Waals surface area (Å²) in [4.78, 5) is 21.7. The fourth-order valence-corrected chi connectivity index (χ4v) is 5.72. The summed E-state index contributed by atoms with van der Waals surface area (Å²) < 4.78 is 43.8. The summed E-state index contributed by atoms with van der Waals surface area (Å²) >= 11 is 12.7. The quantitative estimate of drug-likeness (QED) is 0.284. The van der Waals surface area contributed by atoms with Crippen LogP contribution in [0.4, 0.5) is 8.78 Å². The van der Waals surface area contributed by atoms with Crippen molar-refractivity contribution >= 4 is 45.9 Å². The molecule has 1 aromatic carbocycles. The summed E-state index contributed by atoms with van der Waals surface area (Å²) in [6, 6.07) is 9.43. The maximum absolute atomic E-state index is 15.7. The van der Waals surface area contributed by atoms with E-state index in [-0.39, 0.29) is 38.9 Å². The van der Waals surface area contributed by atoms with Gasteiger partial charge >= 0.3 is 0 Å². The highest BCUT2D eigenvalue weighted by Crippen LogP contribution is 2.60. The van der Waals surface area contributed by atoms with Crippen LogP contribution in [0.2, 0.25) is 10.0 Å². The lowest BCUT2D eigenvalue weighted by Crippen LogP contribution is -2.21. The van der Waals surface area contributed by atoms with Crippen LogP contribution < -0.4 is 5.56 Å². The second-order valence-electron chi connectivity index (χ2n) is 9.05. The third kappa shape index (κ3) is 5.44. The van der Waals surface area contributed by atoms with Crippen molar-refractivity contribution in [2.45, 2.75) is 37.5 Å². The Balaban J connectivity index is 1.76. The van der Waals surface area contributed by atoms with E-state index in [1.165, 1.54) is 30.7 Å². The number of allylic oxidation sites excluding steroid dienone is 2. The first-order valence-electron chi connectivity index (χ1n) is 11.8. The lowest BCUT2D eigenvalue weighted by molar-refractivity contribution is 0.591. The van der Waals surface area contributed by atoms with Gasteiger partial charge in [0.05, 0.1) is 21.9 Å². The van der Waals surface area contributed by atoms with E-state index < -0.39 is 28.0 Å². The molecule has 4 atom stereocenters. The van der Waals surface area contributed by atoms with Crippen LogP contribution in [0.3, 0.4) is 0 Å². The number of hydrogen-bond donors (Lipinski definition) is 0. The van der Waals surface area contributed by atoms with Crippen LogP contribution in [0, 0.1) is 18.7 Å². The molecule has 1 fully saturated rings. The largest absolute Gasteiger partial charge is 0.284 e. The van der Waals surface area contributed by atoms with E-state index in [0.29, 0.717) is 16.3 Å². The number of pyridine rings is 2. The van der Waals surface area contributed by atoms with Gasteiger partial charge in [0.2, 0.25) is 0 Å². The number of aryl methyl sites for hydroxylation is 1. The first kappa shape index (κ1) is 28.1. The summed E-state index contributed by atoms with van der Waals surface area (Å²) in [5.74, 6) is -1.62. The van der Waals surface area contributed by atoms with Crippen LogP contribution >= 0.6 is 23.2 Å². The molecule has 2 aromatic heterocycles. The zero-order valence-corrected chi connectivity index (χ0v) is 23.4. The van der Waals surface area contributed by atoms with Gasteiger partial charge in [-0.2, -0.15) is 0 Å². The zero-order chi connectivity index (χ0) is 27.7. The predicted octanol–water partition coefficient (Wildman–Crippen LogP) is 7.04. The highest BCUT2D eigenvalue weighted by molar-refractivity contribution is 7.84. The van der Waals surface area contributed by atoms with Gasteiger partial charge in [-0.15, -0.1) is 0 Å². The maximum Gasteiger partial charge on any atom is 0.273 e. The molecule has 1 saturated carbocycles. The summed E-state index contributed by atoms with van der Waals surface area (Å²) in [5.41, 5.74) is 0.786. The van der Waals surface area contributed by atoms with E-state index in [1.54, 1.807) is 44.3 Å². The molecule has 38 heavy (non-hydrogen) atoms. The van der Waals surface area contributed by atoms with Gasteiger partial charge in [0.15, 0.2) is 5.83 Å². The molecule has 1 aliphatic carbocycles. The Kier molecular flexibility index (Phi) is 8.45. The smallest absolute Gasteiger partial charge is 0.273 e. The topological polar surface area (TPSA) is 64.3 Å². The van der Waals surface area contributed by atoms with E-state index in [9.17, 15) is 9.00 Å². The Morgan fingerprint density at radius 2 is 1.95 bits per heavy atom. The minimum Gasteiger partial charge on any atom is -0.284 e. The van der Waals surface area contributed by atoms with E-state index >= 15 is 8.78 Å². The second-order valence-corrected chi connectivity index (χ2v) is 11.2. The number of benzene rings is 1. The van der Waals surface area contributed by atoms with Crippen molar-refractivity contribution in [2.24, 2.45) is 10.9 Å². The fraction of sp³-hybridized carbons (Fsp3) is 0.250. The van der Waals surface area contributed by atoms with Gasteiger partial charge < -0.3 is 0 Å². The van der Waals surface area contributed by atoms with Gasteiger partial charge in [-0.3, -0.25) is 23.5 Å². The summed E-state index contributed by atoms with van der Waals surface area (Å²) in [6.07, 6.45) is 6.77. The standard InChI is InChI=1S/C28H25Cl2F2N3O2S/c1-5-10-34-27(18-7-6-8-22(26(18)32)38(4)37)20(31)14-35-15(2)12-19(25(30)28(35)36)23-16(3)24(23)21-13-17(29)9-11-33-21/h5-14,16,23-24H,1-4H3/b10-5+,20-14-,34-27+. The monoisotopic (exact) mass is 575 g/mol. The lowest BCUT2D eigenvalue weighted by Gasteiger charge is -2.12. The maximum atomic E-state index is 15.7.